The van der Waals surface area contributed by atoms with Crippen LogP contribution in [0, 0.1) is 0 Å². The van der Waals surface area contributed by atoms with Gasteiger partial charge in [0, 0.05) is 0 Å². The Labute approximate surface area is 59.2 Å². The van der Waals surface area contributed by atoms with Crippen molar-refractivity contribution < 1.29 is 14.7 Å². The van der Waals surface area contributed by atoms with Crippen molar-refractivity contribution >= 4 is 12.8 Å². The summed E-state index contributed by atoms with van der Waals surface area (Å²) in [6.45, 7) is 2.86. The molecule has 58 valence electrons. The maximum absolute atomic E-state index is 10.1. The molecule has 1 heterocycles. The fourth-order valence-electron chi connectivity index (χ4n) is 0.895. The Kier molecular flexibility index (Phi) is 4.49. The van der Waals surface area contributed by atoms with Crippen molar-refractivity contribution in [1.82, 2.24) is 5.32 Å². The maximum atomic E-state index is 10.1. The zero-order valence-electron chi connectivity index (χ0n) is 5.67. The monoisotopic (exact) mass is 145 g/mol. The van der Waals surface area contributed by atoms with Gasteiger partial charge < -0.3 is 15.2 Å². The summed E-state index contributed by atoms with van der Waals surface area (Å²) in [6.07, 6.45) is 1.78. The highest BCUT2D eigenvalue weighted by molar-refractivity contribution is 5.73. The highest BCUT2D eigenvalue weighted by atomic mass is 16.4. The van der Waals surface area contributed by atoms with Gasteiger partial charge in [0.2, 0.25) is 0 Å². The van der Waals surface area contributed by atoms with E-state index in [1.54, 1.807) is 0 Å². The van der Waals surface area contributed by atoms with Gasteiger partial charge >= 0.3 is 5.97 Å². The van der Waals surface area contributed by atoms with Crippen LogP contribution in [-0.2, 0) is 9.59 Å². The number of hydrogen-bond acceptors (Lipinski definition) is 3. The van der Waals surface area contributed by atoms with Gasteiger partial charge in [0.25, 0.3) is 0 Å². The molecule has 0 aliphatic carbocycles. The van der Waals surface area contributed by atoms with E-state index < -0.39 is 5.97 Å². The predicted octanol–water partition coefficient (Wildman–Crippen LogP) is -0.362. The lowest BCUT2D eigenvalue weighted by Gasteiger charge is -1.99. The van der Waals surface area contributed by atoms with Crippen LogP contribution in [0.2, 0.25) is 0 Å². The first-order valence-electron chi connectivity index (χ1n) is 3.06. The summed E-state index contributed by atoms with van der Waals surface area (Å²) in [7, 11) is 0. The quantitative estimate of drug-likeness (QED) is 0.528. The molecule has 1 rings (SSSR count). The van der Waals surface area contributed by atoms with E-state index in [-0.39, 0.29) is 6.04 Å². The molecule has 0 aromatic heterocycles. The van der Waals surface area contributed by atoms with Crippen molar-refractivity contribution in [2.45, 2.75) is 18.9 Å². The molecule has 0 amide bonds. The minimum atomic E-state index is -0.720. The van der Waals surface area contributed by atoms with Gasteiger partial charge in [-0.3, -0.25) is 4.79 Å². The van der Waals surface area contributed by atoms with Crippen LogP contribution in [0.5, 0.6) is 0 Å². The summed E-state index contributed by atoms with van der Waals surface area (Å²) >= 11 is 0. The highest BCUT2D eigenvalue weighted by Gasteiger charge is 2.20. The molecule has 2 N–H and O–H groups in total. The first-order valence-corrected chi connectivity index (χ1v) is 3.06. The number of carboxylic acid groups (broad SMARTS) is 1. The standard InChI is InChI=1S/C5H9NO2.CH2O/c7-5(8)4-2-1-3-6-4;1-2/h4,6H,1-3H2,(H,7,8);1H2/t4-;/m0./s1. The first-order chi connectivity index (χ1) is 4.80. The van der Waals surface area contributed by atoms with Gasteiger partial charge in [-0.2, -0.15) is 0 Å². The fourth-order valence-corrected chi connectivity index (χ4v) is 0.895. The zero-order valence-corrected chi connectivity index (χ0v) is 5.67. The number of hydrogen-bond donors (Lipinski definition) is 2. The summed E-state index contributed by atoms with van der Waals surface area (Å²) in [5.41, 5.74) is 0. The number of carbonyl (C=O) groups excluding carboxylic acids is 1. The second-order valence-corrected chi connectivity index (χ2v) is 1.99. The van der Waals surface area contributed by atoms with Crippen LogP contribution in [0.3, 0.4) is 0 Å². The van der Waals surface area contributed by atoms with E-state index in [0.29, 0.717) is 0 Å². The lowest BCUT2D eigenvalue weighted by molar-refractivity contribution is -0.139. The summed E-state index contributed by atoms with van der Waals surface area (Å²) in [5, 5.41) is 11.2. The molecule has 1 saturated heterocycles. The summed E-state index contributed by atoms with van der Waals surface area (Å²) < 4.78 is 0. The van der Waals surface area contributed by atoms with E-state index in [9.17, 15) is 4.79 Å². The number of carboxylic acids is 1. The van der Waals surface area contributed by atoms with E-state index in [4.69, 9.17) is 9.90 Å². The Morgan fingerprint density at radius 1 is 1.60 bits per heavy atom. The smallest absolute Gasteiger partial charge is 0.320 e. The third-order valence-electron chi connectivity index (χ3n) is 1.36. The first kappa shape index (κ1) is 9.10. The van der Waals surface area contributed by atoms with Gasteiger partial charge in [-0.15, -0.1) is 0 Å². The molecule has 1 fully saturated rings. The van der Waals surface area contributed by atoms with Crippen LogP contribution in [0.15, 0.2) is 0 Å². The van der Waals surface area contributed by atoms with Crippen molar-refractivity contribution in [2.75, 3.05) is 6.54 Å². The third-order valence-corrected chi connectivity index (χ3v) is 1.36. The molecule has 0 spiro atoms. The lowest BCUT2D eigenvalue weighted by Crippen LogP contribution is -2.29. The fraction of sp³-hybridized carbons (Fsp3) is 0.667. The second-order valence-electron chi connectivity index (χ2n) is 1.99. The number of carbonyl (C=O) groups is 2. The molecule has 10 heavy (non-hydrogen) atoms. The molecule has 4 nitrogen and oxygen atoms in total. The molecule has 0 unspecified atom stereocenters. The van der Waals surface area contributed by atoms with Crippen molar-refractivity contribution in [3.05, 3.63) is 0 Å². The molecule has 0 aromatic rings. The van der Waals surface area contributed by atoms with Crippen molar-refractivity contribution in [1.29, 1.82) is 0 Å². The molecule has 0 radical (unpaired) electrons. The summed E-state index contributed by atoms with van der Waals surface area (Å²) in [6, 6.07) is -0.269. The van der Waals surface area contributed by atoms with Crippen LogP contribution in [0.4, 0.5) is 0 Å². The molecule has 0 bridgehead atoms. The Bertz CT molecular complexity index is 110. The topological polar surface area (TPSA) is 66.4 Å². The van der Waals surface area contributed by atoms with Gasteiger partial charge in [0.1, 0.15) is 12.8 Å². The van der Waals surface area contributed by atoms with E-state index in [0.717, 1.165) is 19.4 Å². The number of aliphatic carboxylic acids is 1. The maximum Gasteiger partial charge on any atom is 0.320 e. The van der Waals surface area contributed by atoms with Gasteiger partial charge in [-0.1, -0.05) is 0 Å². The van der Waals surface area contributed by atoms with Crippen molar-refractivity contribution in [2.24, 2.45) is 0 Å². The largest absolute Gasteiger partial charge is 0.480 e. The van der Waals surface area contributed by atoms with Crippen molar-refractivity contribution in [3.8, 4) is 0 Å². The molecule has 1 atom stereocenters. The van der Waals surface area contributed by atoms with Crippen LogP contribution in [0.1, 0.15) is 12.8 Å². The van der Waals surface area contributed by atoms with Crippen LogP contribution in [0.25, 0.3) is 0 Å². The van der Waals surface area contributed by atoms with E-state index >= 15 is 0 Å². The van der Waals surface area contributed by atoms with E-state index in [2.05, 4.69) is 5.32 Å². The summed E-state index contributed by atoms with van der Waals surface area (Å²) in [4.78, 5) is 18.1. The average molecular weight is 145 g/mol. The van der Waals surface area contributed by atoms with Gasteiger partial charge in [-0.25, -0.2) is 0 Å². The Morgan fingerprint density at radius 2 is 2.20 bits per heavy atom. The second kappa shape index (κ2) is 4.93. The van der Waals surface area contributed by atoms with Crippen LogP contribution in [-0.4, -0.2) is 30.5 Å². The zero-order chi connectivity index (χ0) is 7.98. The normalized spacial score (nSPS) is 23.0. The number of rotatable bonds is 1. The Hall–Kier alpha value is -0.900. The van der Waals surface area contributed by atoms with Gasteiger partial charge in [0.15, 0.2) is 0 Å². The lowest BCUT2D eigenvalue weighted by atomic mass is 10.2. The predicted molar refractivity (Wildman–Crippen MR) is 35.8 cm³/mol. The molecule has 4 heteroatoms. The Balaban J connectivity index is 0.000000371. The molecular formula is C6H11NO3. The van der Waals surface area contributed by atoms with Gasteiger partial charge in [-0.05, 0) is 19.4 Å². The SMILES string of the molecule is C=O.O=C(O)[C@@H]1CCCN1. The highest BCUT2D eigenvalue weighted by Crippen LogP contribution is 2.03. The molecule has 0 saturated carbocycles. The van der Waals surface area contributed by atoms with Crippen molar-refractivity contribution in [3.63, 3.8) is 0 Å². The third kappa shape index (κ3) is 2.59. The number of nitrogens with one attached hydrogen (secondary N) is 1. The van der Waals surface area contributed by atoms with Crippen LogP contribution >= 0.6 is 0 Å². The van der Waals surface area contributed by atoms with Gasteiger partial charge in [0.05, 0.1) is 0 Å². The van der Waals surface area contributed by atoms with E-state index in [1.165, 1.54) is 0 Å². The summed E-state index contributed by atoms with van der Waals surface area (Å²) in [5.74, 6) is -0.720. The minimum absolute atomic E-state index is 0.269. The van der Waals surface area contributed by atoms with E-state index in [1.807, 2.05) is 6.79 Å². The average Bonchev–Trinajstić information content (AvgIpc) is 2.42. The molecule has 1 aliphatic rings. The molecule has 0 aromatic carbocycles. The Morgan fingerprint density at radius 3 is 2.40 bits per heavy atom. The molecular weight excluding hydrogens is 134 g/mol. The minimum Gasteiger partial charge on any atom is -0.480 e. The molecule has 1 aliphatic heterocycles. The van der Waals surface area contributed by atoms with Crippen LogP contribution < -0.4 is 5.32 Å².